The zero-order valence-corrected chi connectivity index (χ0v) is 36.0. The minimum Gasteiger partial charge on any atom is -0.246 e. The van der Waals surface area contributed by atoms with Crippen molar-refractivity contribution in [2.45, 2.75) is 0 Å². The summed E-state index contributed by atoms with van der Waals surface area (Å²) in [6, 6.07) is 88.8. The lowest BCUT2D eigenvalue weighted by molar-refractivity contribution is 1.07. The molecule has 4 nitrogen and oxygen atoms in total. The van der Waals surface area contributed by atoms with Crippen molar-refractivity contribution in [3.63, 3.8) is 0 Å². The number of benzene rings is 9. The Morgan fingerprint density at radius 3 is 0.667 bits per heavy atom. The Kier molecular flexibility index (Phi) is 10.9. The number of rotatable bonds is 10. The third kappa shape index (κ3) is 8.11. The largest absolute Gasteiger partial charge is 0.246 e. The molecule has 310 valence electrons. The van der Waals surface area contributed by atoms with Crippen molar-refractivity contribution in [3.05, 3.63) is 255 Å². The number of hydrogen-bond donors (Lipinski definition) is 0. The van der Waals surface area contributed by atoms with Gasteiger partial charge in [-0.15, -0.1) is 0 Å². The number of hydrogen-bond acceptors (Lipinski definition) is 4. The molecule has 0 fully saturated rings. The van der Waals surface area contributed by atoms with Crippen LogP contribution in [0.1, 0.15) is 0 Å². The van der Waals surface area contributed by atoms with Gasteiger partial charge in [0, 0.05) is 44.5 Å². The zero-order chi connectivity index (χ0) is 44.1. The van der Waals surface area contributed by atoms with E-state index in [2.05, 4.69) is 243 Å². The summed E-state index contributed by atoms with van der Waals surface area (Å²) in [6.07, 6.45) is 0. The first-order chi connectivity index (χ1) is 32.7. The molecule has 0 aliphatic rings. The highest BCUT2D eigenvalue weighted by atomic mass is 15.0. The molecule has 0 saturated heterocycles. The van der Waals surface area contributed by atoms with Crippen LogP contribution >= 0.6 is 0 Å². The van der Waals surface area contributed by atoms with Crippen molar-refractivity contribution in [2.75, 3.05) is 0 Å². The number of nitrogens with zero attached hydrogens (tertiary/aromatic N) is 4. The molecular formula is C62H42N4. The number of aromatic nitrogens is 4. The molecule has 66 heavy (non-hydrogen) atoms. The molecule has 0 atom stereocenters. The summed E-state index contributed by atoms with van der Waals surface area (Å²) in [4.78, 5) is 21.1. The molecule has 0 aliphatic carbocycles. The molecule has 9 aromatic carbocycles. The van der Waals surface area contributed by atoms with E-state index in [9.17, 15) is 0 Å². The van der Waals surface area contributed by atoms with Crippen LogP contribution in [-0.4, -0.2) is 19.9 Å². The molecule has 0 unspecified atom stereocenters. The van der Waals surface area contributed by atoms with E-state index < -0.39 is 0 Å². The van der Waals surface area contributed by atoms with Crippen LogP contribution in [0, 0.1) is 0 Å². The monoisotopic (exact) mass is 842 g/mol. The lowest BCUT2D eigenvalue weighted by Crippen LogP contribution is -2.02. The van der Waals surface area contributed by atoms with Crippen molar-refractivity contribution in [2.24, 2.45) is 0 Å². The SMILES string of the molecule is c1ccc(-c2ccc(-c3nc(-c4ccc(-c5ccccc5)cc4)nc(-c4ccc(-c5c(-c6ccccc6)c(-c6ccccc6)nc(-c6ccccc6)c5-c5ccccc5)cc4)n3)cc2)cc1. The summed E-state index contributed by atoms with van der Waals surface area (Å²) >= 11 is 0. The molecule has 2 aromatic heterocycles. The van der Waals surface area contributed by atoms with Crippen molar-refractivity contribution in [1.29, 1.82) is 0 Å². The van der Waals surface area contributed by atoms with E-state index in [1.807, 2.05) is 12.1 Å². The maximum atomic E-state index is 5.61. The summed E-state index contributed by atoms with van der Waals surface area (Å²) in [7, 11) is 0. The van der Waals surface area contributed by atoms with Crippen LogP contribution < -0.4 is 0 Å². The van der Waals surface area contributed by atoms with Crippen LogP contribution in [-0.2, 0) is 0 Å². The second kappa shape index (κ2) is 18.1. The summed E-state index contributed by atoms with van der Waals surface area (Å²) in [6.45, 7) is 0. The third-order valence-corrected chi connectivity index (χ3v) is 12.0. The average molecular weight is 843 g/mol. The van der Waals surface area contributed by atoms with E-state index in [-0.39, 0.29) is 0 Å². The van der Waals surface area contributed by atoms with E-state index in [1.165, 1.54) is 0 Å². The average Bonchev–Trinajstić information content (AvgIpc) is 3.42. The fraction of sp³-hybridized carbons (Fsp3) is 0. The molecule has 0 aliphatic heterocycles. The highest BCUT2D eigenvalue weighted by Crippen LogP contribution is 2.48. The fourth-order valence-electron chi connectivity index (χ4n) is 8.69. The summed E-state index contributed by atoms with van der Waals surface area (Å²) < 4.78 is 0. The highest BCUT2D eigenvalue weighted by Gasteiger charge is 2.25. The first-order valence-corrected chi connectivity index (χ1v) is 22.2. The molecule has 4 heteroatoms. The molecule has 2 heterocycles. The second-order valence-electron chi connectivity index (χ2n) is 16.2. The first-order valence-electron chi connectivity index (χ1n) is 22.2. The Labute approximate surface area is 385 Å². The van der Waals surface area contributed by atoms with E-state index in [1.54, 1.807) is 0 Å². The Balaban J connectivity index is 1.09. The third-order valence-electron chi connectivity index (χ3n) is 12.0. The van der Waals surface area contributed by atoms with Crippen molar-refractivity contribution < 1.29 is 0 Å². The Hall–Kier alpha value is -8.86. The molecule has 0 saturated carbocycles. The Morgan fingerprint density at radius 1 is 0.152 bits per heavy atom. The Bertz CT molecular complexity index is 3180. The van der Waals surface area contributed by atoms with E-state index in [0.717, 1.165) is 94.8 Å². The van der Waals surface area contributed by atoms with E-state index >= 15 is 0 Å². The zero-order valence-electron chi connectivity index (χ0n) is 36.0. The van der Waals surface area contributed by atoms with Gasteiger partial charge in [-0.05, 0) is 38.9 Å². The summed E-state index contributed by atoms with van der Waals surface area (Å²) in [5.41, 5.74) is 17.7. The molecule has 0 bridgehead atoms. The van der Waals surface area contributed by atoms with Crippen molar-refractivity contribution in [1.82, 2.24) is 19.9 Å². The van der Waals surface area contributed by atoms with Gasteiger partial charge in [0.15, 0.2) is 17.5 Å². The second-order valence-corrected chi connectivity index (χ2v) is 16.2. The smallest absolute Gasteiger partial charge is 0.164 e. The van der Waals surface area contributed by atoms with Gasteiger partial charge in [0.05, 0.1) is 11.4 Å². The van der Waals surface area contributed by atoms with Gasteiger partial charge in [-0.25, -0.2) is 19.9 Å². The van der Waals surface area contributed by atoms with Crippen LogP contribution in [0.4, 0.5) is 0 Å². The van der Waals surface area contributed by atoms with Gasteiger partial charge >= 0.3 is 0 Å². The van der Waals surface area contributed by atoms with Gasteiger partial charge in [0.25, 0.3) is 0 Å². The maximum absolute atomic E-state index is 5.61. The van der Waals surface area contributed by atoms with Gasteiger partial charge in [-0.3, -0.25) is 0 Å². The van der Waals surface area contributed by atoms with Gasteiger partial charge in [0.2, 0.25) is 0 Å². The maximum Gasteiger partial charge on any atom is 0.164 e. The molecular weight excluding hydrogens is 801 g/mol. The van der Waals surface area contributed by atoms with Crippen LogP contribution in [0.25, 0.3) is 112 Å². The van der Waals surface area contributed by atoms with Crippen molar-refractivity contribution in [3.8, 4) is 112 Å². The lowest BCUT2D eigenvalue weighted by atomic mass is 9.83. The predicted octanol–water partition coefficient (Wildman–Crippen LogP) is 15.9. The Morgan fingerprint density at radius 2 is 0.364 bits per heavy atom. The van der Waals surface area contributed by atoms with Gasteiger partial charge in [-0.1, -0.05) is 255 Å². The minimum atomic E-state index is 0.595. The van der Waals surface area contributed by atoms with Crippen molar-refractivity contribution >= 4 is 0 Å². The molecule has 11 rings (SSSR count). The first kappa shape index (κ1) is 40.0. The van der Waals surface area contributed by atoms with Gasteiger partial charge in [0.1, 0.15) is 0 Å². The standard InChI is InChI=1S/C62H42N4/c1-7-19-43(20-8-1)45-31-37-52(38-32-45)60-64-61(53-39-33-46(34-40-53)44-21-9-2-10-22-44)66-62(65-60)54-41-35-49(36-42-54)55-56(47-23-11-3-12-24-47)58(50-27-15-5-16-28-50)63-59(51-29-17-6-18-30-51)57(55)48-25-13-4-14-26-48/h1-42H. The summed E-state index contributed by atoms with van der Waals surface area (Å²) in [5.74, 6) is 1.81. The topological polar surface area (TPSA) is 51.6 Å². The quantitative estimate of drug-likeness (QED) is 0.138. The van der Waals surface area contributed by atoms with Crippen LogP contribution in [0.15, 0.2) is 255 Å². The van der Waals surface area contributed by atoms with E-state index in [4.69, 9.17) is 19.9 Å². The fourth-order valence-corrected chi connectivity index (χ4v) is 8.69. The predicted molar refractivity (Wildman–Crippen MR) is 272 cm³/mol. The highest BCUT2D eigenvalue weighted by molar-refractivity contribution is 6.05. The number of pyridine rings is 1. The molecule has 0 N–H and O–H groups in total. The van der Waals surface area contributed by atoms with Crippen LogP contribution in [0.3, 0.4) is 0 Å². The van der Waals surface area contributed by atoms with Gasteiger partial charge < -0.3 is 0 Å². The lowest BCUT2D eigenvalue weighted by Gasteiger charge is -2.23. The van der Waals surface area contributed by atoms with Crippen LogP contribution in [0.2, 0.25) is 0 Å². The van der Waals surface area contributed by atoms with E-state index in [0.29, 0.717) is 17.5 Å². The van der Waals surface area contributed by atoms with Gasteiger partial charge in [-0.2, -0.15) is 0 Å². The molecule has 0 amide bonds. The molecule has 0 spiro atoms. The molecule has 0 radical (unpaired) electrons. The summed E-state index contributed by atoms with van der Waals surface area (Å²) in [5, 5.41) is 0. The molecule has 11 aromatic rings. The van der Waals surface area contributed by atoms with Crippen LogP contribution in [0.5, 0.6) is 0 Å². The normalized spacial score (nSPS) is 11.0. The minimum absolute atomic E-state index is 0.595.